The van der Waals surface area contributed by atoms with E-state index >= 15 is 0 Å². The molecule has 2 N–H and O–H groups in total. The lowest BCUT2D eigenvalue weighted by Crippen LogP contribution is -2.38. The second kappa shape index (κ2) is 11.1. The molecule has 148 valence electrons. The van der Waals surface area contributed by atoms with Gasteiger partial charge in [0.1, 0.15) is 36.0 Å². The predicted octanol–water partition coefficient (Wildman–Crippen LogP) is 2.63. The van der Waals surface area contributed by atoms with Crippen molar-refractivity contribution in [2.75, 3.05) is 26.8 Å². The minimum Gasteiger partial charge on any atom is -0.467 e. The number of aliphatic imine (C=N–C) groups is 1. The molecule has 2 aromatic heterocycles. The highest BCUT2D eigenvalue weighted by atomic mass is 16.5. The highest BCUT2D eigenvalue weighted by Crippen LogP contribution is 2.16. The first-order chi connectivity index (χ1) is 13.1. The van der Waals surface area contributed by atoms with Gasteiger partial charge in [-0.05, 0) is 38.5 Å². The zero-order valence-corrected chi connectivity index (χ0v) is 16.0. The molecule has 0 aliphatic heterocycles. The van der Waals surface area contributed by atoms with Gasteiger partial charge in [-0.15, -0.1) is 0 Å². The minimum atomic E-state index is -0.411. The third-order valence-electron chi connectivity index (χ3n) is 3.69. The molecule has 27 heavy (non-hydrogen) atoms. The van der Waals surface area contributed by atoms with Crippen LogP contribution in [0.15, 0.2) is 38.3 Å². The summed E-state index contributed by atoms with van der Waals surface area (Å²) in [4.78, 5) is 16.1. The molecule has 0 saturated heterocycles. The molecule has 8 nitrogen and oxygen atoms in total. The molecule has 0 spiro atoms. The number of methoxy groups -OCH3 is 1. The standard InChI is InChI=1S/C19H27N3O5/c1-4-20-19(21-8-6-9-25-13-15-7-5-10-26-15)22-12-16-11-17(14(2)27-16)18(23)24-3/h5,7,10-11H,4,6,8-9,12-13H2,1-3H3,(H2,20,21,22). The fraction of sp³-hybridized carbons (Fsp3) is 0.474. The van der Waals surface area contributed by atoms with Crippen molar-refractivity contribution in [3.8, 4) is 0 Å². The van der Waals surface area contributed by atoms with Crippen molar-refractivity contribution in [1.82, 2.24) is 10.6 Å². The SMILES string of the molecule is CCNC(=NCc1cc(C(=O)OC)c(C)o1)NCCCOCc1ccco1. The first kappa shape index (κ1) is 20.6. The van der Waals surface area contributed by atoms with E-state index in [1.165, 1.54) is 7.11 Å². The highest BCUT2D eigenvalue weighted by molar-refractivity contribution is 5.90. The zero-order valence-electron chi connectivity index (χ0n) is 16.0. The van der Waals surface area contributed by atoms with E-state index < -0.39 is 5.97 Å². The number of ether oxygens (including phenoxy) is 2. The van der Waals surface area contributed by atoms with Crippen molar-refractivity contribution in [3.63, 3.8) is 0 Å². The summed E-state index contributed by atoms with van der Waals surface area (Å²) in [5, 5.41) is 6.41. The number of hydrogen-bond donors (Lipinski definition) is 2. The third-order valence-corrected chi connectivity index (χ3v) is 3.69. The molecule has 8 heteroatoms. The molecule has 0 unspecified atom stereocenters. The van der Waals surface area contributed by atoms with Crippen LogP contribution in [0.5, 0.6) is 0 Å². The fourth-order valence-corrected chi connectivity index (χ4v) is 2.38. The Kier molecular flexibility index (Phi) is 8.44. The molecule has 0 amide bonds. The van der Waals surface area contributed by atoms with Crippen molar-refractivity contribution in [3.05, 3.63) is 47.3 Å². The Bertz CT molecular complexity index is 722. The molecular weight excluding hydrogens is 350 g/mol. The number of aryl methyl sites for hydroxylation is 1. The van der Waals surface area contributed by atoms with Gasteiger partial charge in [-0.1, -0.05) is 0 Å². The van der Waals surface area contributed by atoms with Crippen LogP contribution in [0.4, 0.5) is 0 Å². The molecule has 0 radical (unpaired) electrons. The van der Waals surface area contributed by atoms with Crippen molar-refractivity contribution >= 4 is 11.9 Å². The molecule has 0 saturated carbocycles. The average molecular weight is 377 g/mol. The number of hydrogen-bond acceptors (Lipinski definition) is 6. The lowest BCUT2D eigenvalue weighted by Gasteiger charge is -2.10. The zero-order chi connectivity index (χ0) is 19.5. The summed E-state index contributed by atoms with van der Waals surface area (Å²) in [5.41, 5.74) is 0.425. The molecule has 0 bridgehead atoms. The molecule has 0 fully saturated rings. The van der Waals surface area contributed by atoms with Crippen LogP contribution in [-0.4, -0.2) is 38.7 Å². The molecule has 0 aliphatic carbocycles. The molecule has 0 aromatic carbocycles. The van der Waals surface area contributed by atoms with Crippen molar-refractivity contribution < 1.29 is 23.1 Å². The number of carbonyl (C=O) groups excluding carboxylic acids is 1. The van der Waals surface area contributed by atoms with E-state index in [-0.39, 0.29) is 0 Å². The smallest absolute Gasteiger partial charge is 0.341 e. The molecule has 2 aromatic rings. The molecular formula is C19H27N3O5. The largest absolute Gasteiger partial charge is 0.467 e. The lowest BCUT2D eigenvalue weighted by molar-refractivity contribution is 0.0599. The lowest BCUT2D eigenvalue weighted by atomic mass is 10.2. The van der Waals surface area contributed by atoms with Gasteiger partial charge in [-0.2, -0.15) is 0 Å². The molecule has 2 rings (SSSR count). The Balaban J connectivity index is 1.75. The topological polar surface area (TPSA) is 98.2 Å². The van der Waals surface area contributed by atoms with E-state index in [4.69, 9.17) is 18.3 Å². The van der Waals surface area contributed by atoms with Gasteiger partial charge in [0, 0.05) is 19.7 Å². The van der Waals surface area contributed by atoms with Gasteiger partial charge in [0.05, 0.1) is 13.4 Å². The van der Waals surface area contributed by atoms with Crippen LogP contribution >= 0.6 is 0 Å². The Morgan fingerprint density at radius 3 is 2.85 bits per heavy atom. The van der Waals surface area contributed by atoms with E-state index in [2.05, 4.69) is 15.6 Å². The fourth-order valence-electron chi connectivity index (χ4n) is 2.38. The number of guanidine groups is 1. The predicted molar refractivity (Wildman–Crippen MR) is 101 cm³/mol. The average Bonchev–Trinajstić information content (AvgIpc) is 3.31. The summed E-state index contributed by atoms with van der Waals surface area (Å²) in [5.74, 6) is 2.21. The Morgan fingerprint density at radius 2 is 2.15 bits per heavy atom. The first-order valence-electron chi connectivity index (χ1n) is 8.94. The number of rotatable bonds is 10. The summed E-state index contributed by atoms with van der Waals surface area (Å²) in [7, 11) is 1.35. The van der Waals surface area contributed by atoms with E-state index in [0.29, 0.717) is 49.3 Å². The number of nitrogens with zero attached hydrogens (tertiary/aromatic N) is 1. The van der Waals surface area contributed by atoms with Crippen LogP contribution in [0.1, 0.15) is 41.0 Å². The first-order valence-corrected chi connectivity index (χ1v) is 8.94. The molecule has 0 aliphatic rings. The summed E-state index contributed by atoms with van der Waals surface area (Å²) >= 11 is 0. The van der Waals surface area contributed by atoms with Crippen LogP contribution < -0.4 is 10.6 Å². The van der Waals surface area contributed by atoms with Gasteiger partial charge >= 0.3 is 5.97 Å². The quantitative estimate of drug-likeness (QED) is 0.284. The van der Waals surface area contributed by atoms with Crippen molar-refractivity contribution in [2.45, 2.75) is 33.4 Å². The van der Waals surface area contributed by atoms with E-state index in [1.807, 2.05) is 19.1 Å². The van der Waals surface area contributed by atoms with Gasteiger partial charge in [0.25, 0.3) is 0 Å². The van der Waals surface area contributed by atoms with Gasteiger partial charge in [0.15, 0.2) is 5.96 Å². The van der Waals surface area contributed by atoms with Gasteiger partial charge in [0.2, 0.25) is 0 Å². The Hall–Kier alpha value is -2.74. The van der Waals surface area contributed by atoms with Crippen molar-refractivity contribution in [1.29, 1.82) is 0 Å². The maximum absolute atomic E-state index is 11.6. The normalized spacial score (nSPS) is 11.4. The maximum Gasteiger partial charge on any atom is 0.341 e. The Morgan fingerprint density at radius 1 is 1.30 bits per heavy atom. The monoisotopic (exact) mass is 377 g/mol. The summed E-state index contributed by atoms with van der Waals surface area (Å²) in [6, 6.07) is 5.39. The van der Waals surface area contributed by atoms with E-state index in [0.717, 1.165) is 18.7 Å². The summed E-state index contributed by atoms with van der Waals surface area (Å²) in [6.07, 6.45) is 2.46. The van der Waals surface area contributed by atoms with E-state index in [1.54, 1.807) is 19.3 Å². The maximum atomic E-state index is 11.6. The Labute approximate surface area is 158 Å². The van der Waals surface area contributed by atoms with Gasteiger partial charge < -0.3 is 28.9 Å². The van der Waals surface area contributed by atoms with Crippen molar-refractivity contribution in [2.24, 2.45) is 4.99 Å². The van der Waals surface area contributed by atoms with Crippen LogP contribution in [0.25, 0.3) is 0 Å². The molecule has 0 atom stereocenters. The number of esters is 1. The second-order valence-corrected chi connectivity index (χ2v) is 5.78. The van der Waals surface area contributed by atoms with Crippen LogP contribution in [0, 0.1) is 6.92 Å². The number of furan rings is 2. The number of nitrogens with one attached hydrogen (secondary N) is 2. The van der Waals surface area contributed by atoms with Gasteiger partial charge in [-0.25, -0.2) is 9.79 Å². The summed E-state index contributed by atoms with van der Waals surface area (Å²) < 4.78 is 21.0. The highest BCUT2D eigenvalue weighted by Gasteiger charge is 2.15. The second-order valence-electron chi connectivity index (χ2n) is 5.78. The van der Waals surface area contributed by atoms with Crippen LogP contribution in [0.3, 0.4) is 0 Å². The van der Waals surface area contributed by atoms with Crippen LogP contribution in [0.2, 0.25) is 0 Å². The number of carbonyl (C=O) groups is 1. The summed E-state index contributed by atoms with van der Waals surface area (Å²) in [6.45, 7) is 6.60. The molecule has 2 heterocycles. The van der Waals surface area contributed by atoms with Gasteiger partial charge in [-0.3, -0.25) is 0 Å². The van der Waals surface area contributed by atoms with E-state index in [9.17, 15) is 4.79 Å². The van der Waals surface area contributed by atoms with Crippen LogP contribution in [-0.2, 0) is 22.6 Å². The third kappa shape index (κ3) is 6.82. The minimum absolute atomic E-state index is 0.322.